The molecule has 0 aliphatic carbocycles. The fraction of sp³-hybridized carbons (Fsp3) is 0.263. The first-order valence-corrected chi connectivity index (χ1v) is 10.4. The highest BCUT2D eigenvalue weighted by Crippen LogP contribution is 2.14. The first-order valence-electron chi connectivity index (χ1n) is 8.58. The van der Waals surface area contributed by atoms with Crippen molar-refractivity contribution in [3.63, 3.8) is 0 Å². The van der Waals surface area contributed by atoms with Crippen LogP contribution in [0.1, 0.15) is 22.5 Å². The maximum Gasteiger partial charge on any atom is 0.268 e. The summed E-state index contributed by atoms with van der Waals surface area (Å²) in [6, 6.07) is 9.20. The molecule has 9 heteroatoms. The summed E-state index contributed by atoms with van der Waals surface area (Å²) in [6.45, 7) is 0. The fourth-order valence-corrected chi connectivity index (χ4v) is 4.46. The van der Waals surface area contributed by atoms with Crippen molar-refractivity contribution in [3.05, 3.63) is 59.7 Å². The number of rotatable bonds is 6. The lowest BCUT2D eigenvalue weighted by Crippen LogP contribution is -2.41. The molecule has 1 fully saturated rings. The summed E-state index contributed by atoms with van der Waals surface area (Å²) >= 11 is 0. The molecule has 1 aliphatic heterocycles. The van der Waals surface area contributed by atoms with Gasteiger partial charge >= 0.3 is 0 Å². The van der Waals surface area contributed by atoms with E-state index < -0.39 is 27.7 Å². The van der Waals surface area contributed by atoms with Crippen LogP contribution in [0.15, 0.2) is 52.8 Å². The Morgan fingerprint density at radius 1 is 1.21 bits per heavy atom. The van der Waals surface area contributed by atoms with E-state index in [1.807, 2.05) is 0 Å². The van der Waals surface area contributed by atoms with E-state index >= 15 is 0 Å². The molecule has 0 saturated carbocycles. The van der Waals surface area contributed by atoms with Crippen LogP contribution in [0.3, 0.4) is 0 Å². The van der Waals surface area contributed by atoms with E-state index in [1.54, 1.807) is 36.4 Å². The standard InChI is InChI=1S/C19H20N2O6S/c1-26-15-6-4-13(5-7-15)18(22)21-17(11-16-3-2-9-27-16)19(23)20-14-8-10-28(24,25)12-14/h2-7,9,11,14H,8,10,12H2,1H3,(H,20,23)(H,21,22). The second kappa shape index (κ2) is 8.30. The topological polar surface area (TPSA) is 115 Å². The van der Waals surface area contributed by atoms with Crippen LogP contribution in [-0.2, 0) is 14.6 Å². The van der Waals surface area contributed by atoms with Crippen molar-refractivity contribution in [2.45, 2.75) is 12.5 Å². The van der Waals surface area contributed by atoms with Crippen LogP contribution >= 0.6 is 0 Å². The molecular formula is C19H20N2O6S. The molecule has 0 radical (unpaired) electrons. The molecule has 148 valence electrons. The van der Waals surface area contributed by atoms with Crippen LogP contribution in [0, 0.1) is 0 Å². The first-order chi connectivity index (χ1) is 13.4. The van der Waals surface area contributed by atoms with Gasteiger partial charge in [0.25, 0.3) is 11.8 Å². The second-order valence-electron chi connectivity index (χ2n) is 6.33. The average Bonchev–Trinajstić information content (AvgIpc) is 3.30. The van der Waals surface area contributed by atoms with Gasteiger partial charge in [0.05, 0.1) is 24.9 Å². The third kappa shape index (κ3) is 5.01. The molecule has 1 aromatic heterocycles. The molecule has 1 saturated heterocycles. The van der Waals surface area contributed by atoms with E-state index in [9.17, 15) is 18.0 Å². The number of hydrogen-bond acceptors (Lipinski definition) is 6. The molecule has 2 N–H and O–H groups in total. The lowest BCUT2D eigenvalue weighted by molar-refractivity contribution is -0.118. The first kappa shape index (κ1) is 19.7. The molecule has 0 bridgehead atoms. The number of amides is 2. The maximum atomic E-state index is 12.7. The Hall–Kier alpha value is -3.07. The van der Waals surface area contributed by atoms with Crippen molar-refractivity contribution in [2.75, 3.05) is 18.6 Å². The normalized spacial score (nSPS) is 18.5. The summed E-state index contributed by atoms with van der Waals surface area (Å²) in [7, 11) is -1.62. The Kier molecular flexibility index (Phi) is 5.84. The number of sulfone groups is 1. The number of carbonyl (C=O) groups excluding carboxylic acids is 2. The summed E-state index contributed by atoms with van der Waals surface area (Å²) in [5.41, 5.74) is 0.294. The third-order valence-electron chi connectivity index (χ3n) is 4.24. The van der Waals surface area contributed by atoms with Gasteiger partial charge in [0.1, 0.15) is 17.2 Å². The van der Waals surface area contributed by atoms with Crippen molar-refractivity contribution in [3.8, 4) is 5.75 Å². The highest BCUT2D eigenvalue weighted by molar-refractivity contribution is 7.91. The van der Waals surface area contributed by atoms with Crippen molar-refractivity contribution < 1.29 is 27.2 Å². The van der Waals surface area contributed by atoms with Gasteiger partial charge in [-0.25, -0.2) is 8.42 Å². The zero-order valence-corrected chi connectivity index (χ0v) is 16.0. The second-order valence-corrected chi connectivity index (χ2v) is 8.56. The molecule has 8 nitrogen and oxygen atoms in total. The van der Waals surface area contributed by atoms with Crippen LogP contribution in [0.5, 0.6) is 5.75 Å². The van der Waals surface area contributed by atoms with E-state index in [1.165, 1.54) is 19.4 Å². The Balaban J connectivity index is 1.77. The summed E-state index contributed by atoms with van der Waals surface area (Å²) < 4.78 is 33.5. The molecule has 2 amide bonds. The summed E-state index contributed by atoms with van der Waals surface area (Å²) in [4.78, 5) is 25.2. The van der Waals surface area contributed by atoms with E-state index in [0.29, 0.717) is 23.5 Å². The van der Waals surface area contributed by atoms with E-state index in [-0.39, 0.29) is 17.2 Å². The largest absolute Gasteiger partial charge is 0.497 e. The highest BCUT2D eigenvalue weighted by Gasteiger charge is 2.30. The number of furan rings is 1. The number of nitrogens with one attached hydrogen (secondary N) is 2. The highest BCUT2D eigenvalue weighted by atomic mass is 32.2. The summed E-state index contributed by atoms with van der Waals surface area (Å²) in [6.07, 6.45) is 3.17. The Morgan fingerprint density at radius 2 is 1.96 bits per heavy atom. The van der Waals surface area contributed by atoms with Crippen LogP contribution in [0.25, 0.3) is 6.08 Å². The van der Waals surface area contributed by atoms with E-state index in [0.717, 1.165) is 0 Å². The van der Waals surface area contributed by atoms with Crippen LogP contribution in [-0.4, -0.2) is 44.9 Å². The predicted molar refractivity (Wildman–Crippen MR) is 102 cm³/mol. The monoisotopic (exact) mass is 404 g/mol. The predicted octanol–water partition coefficient (Wildman–Crippen LogP) is 1.36. The minimum atomic E-state index is -3.14. The summed E-state index contributed by atoms with van der Waals surface area (Å²) in [5.74, 6) is -0.177. The minimum Gasteiger partial charge on any atom is -0.497 e. The van der Waals surface area contributed by atoms with Crippen molar-refractivity contribution in [1.82, 2.24) is 10.6 Å². The number of benzene rings is 1. The van der Waals surface area contributed by atoms with Gasteiger partial charge in [0.15, 0.2) is 9.84 Å². The molecule has 2 aromatic rings. The molecule has 0 spiro atoms. The SMILES string of the molecule is COc1ccc(C(=O)NC(=Cc2ccco2)C(=O)NC2CCS(=O)(=O)C2)cc1. The number of carbonyl (C=O) groups is 2. The van der Waals surface area contributed by atoms with Gasteiger partial charge in [-0.2, -0.15) is 0 Å². The Labute approximate surface area is 162 Å². The number of methoxy groups -OCH3 is 1. The Morgan fingerprint density at radius 3 is 2.54 bits per heavy atom. The zero-order chi connectivity index (χ0) is 20.1. The molecular weight excluding hydrogens is 384 g/mol. The van der Waals surface area contributed by atoms with Crippen molar-refractivity contribution >= 4 is 27.7 Å². The molecule has 1 aromatic carbocycles. The van der Waals surface area contributed by atoms with Crippen LogP contribution in [0.2, 0.25) is 0 Å². The lowest BCUT2D eigenvalue weighted by atomic mass is 10.2. The molecule has 1 aliphatic rings. The third-order valence-corrected chi connectivity index (χ3v) is 6.01. The van der Waals surface area contributed by atoms with Crippen LogP contribution in [0.4, 0.5) is 0 Å². The van der Waals surface area contributed by atoms with Gasteiger partial charge < -0.3 is 19.8 Å². The fourth-order valence-electron chi connectivity index (χ4n) is 2.78. The van der Waals surface area contributed by atoms with Crippen molar-refractivity contribution in [1.29, 1.82) is 0 Å². The van der Waals surface area contributed by atoms with Gasteiger partial charge in [-0.15, -0.1) is 0 Å². The van der Waals surface area contributed by atoms with Crippen LogP contribution < -0.4 is 15.4 Å². The summed E-state index contributed by atoms with van der Waals surface area (Å²) in [5, 5.41) is 5.22. The Bertz CT molecular complexity index is 978. The quantitative estimate of drug-likeness (QED) is 0.703. The minimum absolute atomic E-state index is 0.0351. The lowest BCUT2D eigenvalue weighted by Gasteiger charge is -2.14. The van der Waals surface area contributed by atoms with Gasteiger partial charge in [0.2, 0.25) is 0 Å². The van der Waals surface area contributed by atoms with Gasteiger partial charge in [-0.05, 0) is 42.8 Å². The number of hydrogen-bond donors (Lipinski definition) is 2. The van der Waals surface area contributed by atoms with Gasteiger partial charge in [-0.1, -0.05) is 0 Å². The maximum absolute atomic E-state index is 12.7. The van der Waals surface area contributed by atoms with E-state index in [2.05, 4.69) is 10.6 Å². The average molecular weight is 404 g/mol. The van der Waals surface area contributed by atoms with Crippen molar-refractivity contribution in [2.24, 2.45) is 0 Å². The van der Waals surface area contributed by atoms with Gasteiger partial charge in [-0.3, -0.25) is 9.59 Å². The van der Waals surface area contributed by atoms with E-state index in [4.69, 9.17) is 9.15 Å². The smallest absolute Gasteiger partial charge is 0.268 e. The number of ether oxygens (including phenoxy) is 1. The van der Waals surface area contributed by atoms with Gasteiger partial charge in [0, 0.05) is 17.7 Å². The molecule has 1 unspecified atom stereocenters. The molecule has 2 heterocycles. The molecule has 3 rings (SSSR count). The zero-order valence-electron chi connectivity index (χ0n) is 15.2. The molecule has 28 heavy (non-hydrogen) atoms. The molecule has 1 atom stereocenters.